The number of anilines is 2. The van der Waals surface area contributed by atoms with Gasteiger partial charge >= 0.3 is 0 Å². The summed E-state index contributed by atoms with van der Waals surface area (Å²) in [7, 11) is -3.68. The fourth-order valence-corrected chi connectivity index (χ4v) is 5.69. The van der Waals surface area contributed by atoms with E-state index < -0.39 is 15.9 Å². The average molecular weight is 486 g/mol. The summed E-state index contributed by atoms with van der Waals surface area (Å²) in [6.45, 7) is 7.61. The molecule has 8 nitrogen and oxygen atoms in total. The van der Waals surface area contributed by atoms with Crippen LogP contribution in [0.25, 0.3) is 0 Å². The van der Waals surface area contributed by atoms with Crippen LogP contribution < -0.4 is 10.2 Å². The van der Waals surface area contributed by atoms with Crippen molar-refractivity contribution < 1.29 is 22.7 Å². The maximum absolute atomic E-state index is 13.1. The number of nitrogens with one attached hydrogen (secondary N) is 1. The topological polar surface area (TPSA) is 96.0 Å². The van der Waals surface area contributed by atoms with Gasteiger partial charge in [-0.3, -0.25) is 9.59 Å². The Labute approximate surface area is 200 Å². The largest absolute Gasteiger partial charge is 0.379 e. The van der Waals surface area contributed by atoms with Crippen molar-refractivity contribution in [3.8, 4) is 0 Å². The van der Waals surface area contributed by atoms with Crippen LogP contribution in [-0.2, 0) is 24.3 Å². The molecule has 2 amide bonds. The zero-order chi connectivity index (χ0) is 24.5. The molecule has 0 aromatic heterocycles. The van der Waals surface area contributed by atoms with Gasteiger partial charge in [0.1, 0.15) is 0 Å². The molecule has 2 fully saturated rings. The lowest BCUT2D eigenvalue weighted by Gasteiger charge is -2.26. The van der Waals surface area contributed by atoms with E-state index in [-0.39, 0.29) is 29.7 Å². The highest BCUT2D eigenvalue weighted by Crippen LogP contribution is 2.29. The lowest BCUT2D eigenvalue weighted by atomic mass is 10.0. The van der Waals surface area contributed by atoms with Crippen molar-refractivity contribution in [3.05, 3.63) is 53.6 Å². The Kier molecular flexibility index (Phi) is 7.06. The first-order chi connectivity index (χ1) is 16.2. The minimum absolute atomic E-state index is 0.0959. The highest BCUT2D eigenvalue weighted by molar-refractivity contribution is 7.89. The van der Waals surface area contributed by atoms with Crippen molar-refractivity contribution in [1.29, 1.82) is 0 Å². The fourth-order valence-electron chi connectivity index (χ4n) is 4.25. The van der Waals surface area contributed by atoms with Crippen LogP contribution in [0.3, 0.4) is 0 Å². The third-order valence-corrected chi connectivity index (χ3v) is 8.31. The summed E-state index contributed by atoms with van der Waals surface area (Å²) < 4.78 is 32.7. The van der Waals surface area contributed by atoms with Crippen LogP contribution in [0.2, 0.25) is 0 Å². The Bertz CT molecular complexity index is 1190. The van der Waals surface area contributed by atoms with E-state index in [1.54, 1.807) is 17.0 Å². The summed E-state index contributed by atoms with van der Waals surface area (Å²) in [5.41, 5.74) is 3.11. The van der Waals surface area contributed by atoms with Gasteiger partial charge in [-0.05, 0) is 48.2 Å². The Morgan fingerprint density at radius 1 is 1.12 bits per heavy atom. The van der Waals surface area contributed by atoms with Crippen LogP contribution in [0.4, 0.5) is 11.4 Å². The number of aryl methyl sites for hydroxylation is 1. The number of ether oxygens (including phenoxy) is 1. The minimum atomic E-state index is -3.68. The van der Waals surface area contributed by atoms with Crippen molar-refractivity contribution in [3.63, 3.8) is 0 Å². The molecule has 2 aromatic carbocycles. The molecular formula is C25H31N3O5S. The highest BCUT2D eigenvalue weighted by atomic mass is 32.2. The minimum Gasteiger partial charge on any atom is -0.379 e. The van der Waals surface area contributed by atoms with Crippen LogP contribution >= 0.6 is 0 Å². The first-order valence-corrected chi connectivity index (χ1v) is 13.0. The quantitative estimate of drug-likeness (QED) is 0.678. The van der Waals surface area contributed by atoms with Crippen molar-refractivity contribution >= 4 is 33.2 Å². The molecule has 2 aliphatic heterocycles. The third-order valence-electron chi connectivity index (χ3n) is 6.42. The van der Waals surface area contributed by atoms with E-state index in [1.165, 1.54) is 10.4 Å². The Hall–Kier alpha value is -2.75. The van der Waals surface area contributed by atoms with Crippen LogP contribution in [-0.4, -0.2) is 57.4 Å². The van der Waals surface area contributed by atoms with E-state index in [0.717, 1.165) is 16.8 Å². The van der Waals surface area contributed by atoms with Crippen LogP contribution in [0.1, 0.15) is 37.3 Å². The van der Waals surface area contributed by atoms with Crippen molar-refractivity contribution in [2.75, 3.05) is 43.1 Å². The number of benzene rings is 2. The molecule has 0 saturated carbocycles. The molecule has 0 aliphatic carbocycles. The second kappa shape index (κ2) is 9.85. The van der Waals surface area contributed by atoms with Crippen LogP contribution in [0, 0.1) is 12.8 Å². The zero-order valence-electron chi connectivity index (χ0n) is 19.8. The molecule has 4 rings (SSSR count). The molecule has 1 atom stereocenters. The summed E-state index contributed by atoms with van der Waals surface area (Å²) in [6.07, 6.45) is 0.114. The Morgan fingerprint density at radius 2 is 1.85 bits per heavy atom. The van der Waals surface area contributed by atoms with Crippen molar-refractivity contribution in [1.82, 2.24) is 4.31 Å². The Balaban J connectivity index is 1.49. The van der Waals surface area contributed by atoms with Crippen molar-refractivity contribution in [2.45, 2.75) is 38.0 Å². The second-order valence-corrected chi connectivity index (χ2v) is 11.1. The second-order valence-electron chi connectivity index (χ2n) is 9.14. The molecular weight excluding hydrogens is 454 g/mol. The molecule has 0 bridgehead atoms. The average Bonchev–Trinajstić information content (AvgIpc) is 3.22. The van der Waals surface area contributed by atoms with Gasteiger partial charge in [-0.25, -0.2) is 8.42 Å². The number of hydrogen-bond acceptors (Lipinski definition) is 5. The smallest absolute Gasteiger partial charge is 0.243 e. The molecule has 0 spiro atoms. The maximum Gasteiger partial charge on any atom is 0.243 e. The normalized spacial score (nSPS) is 19.6. The van der Waals surface area contributed by atoms with Gasteiger partial charge in [-0.2, -0.15) is 4.31 Å². The maximum atomic E-state index is 13.1. The van der Waals surface area contributed by atoms with Gasteiger partial charge in [0.15, 0.2) is 0 Å². The molecule has 9 heteroatoms. The summed E-state index contributed by atoms with van der Waals surface area (Å²) in [5.74, 6) is -0.573. The van der Waals surface area contributed by atoms with Gasteiger partial charge in [0.2, 0.25) is 21.8 Å². The first-order valence-electron chi connectivity index (χ1n) is 11.6. The van der Waals surface area contributed by atoms with E-state index in [4.69, 9.17) is 4.74 Å². The molecule has 0 radical (unpaired) electrons. The first kappa shape index (κ1) is 24.4. The van der Waals surface area contributed by atoms with Gasteiger partial charge in [0, 0.05) is 37.4 Å². The third kappa shape index (κ3) is 5.01. The van der Waals surface area contributed by atoms with Crippen LogP contribution in [0.5, 0.6) is 0 Å². The fraction of sp³-hybridized carbons (Fsp3) is 0.440. The number of morpholine rings is 1. The number of amides is 2. The molecule has 182 valence electrons. The number of rotatable bonds is 6. The lowest BCUT2D eigenvalue weighted by molar-refractivity contribution is -0.122. The van der Waals surface area contributed by atoms with Gasteiger partial charge in [0.05, 0.1) is 24.0 Å². The molecule has 1 N–H and O–H groups in total. The van der Waals surface area contributed by atoms with E-state index in [1.807, 2.05) is 31.2 Å². The standard InChI is InChI=1S/C25H31N3O5S/c1-17(2)19-5-4-6-21(13-19)28-16-20(14-24(28)29)25(30)26-23-15-22(8-7-18(23)3)34(31,32)27-9-11-33-12-10-27/h4-8,13,15,17,20H,9-12,14,16H2,1-3H3,(H,26,30). The number of carbonyl (C=O) groups excluding carboxylic acids is 2. The van der Waals surface area contributed by atoms with Crippen molar-refractivity contribution in [2.24, 2.45) is 5.92 Å². The molecule has 2 aromatic rings. The molecule has 2 saturated heterocycles. The monoisotopic (exact) mass is 485 g/mol. The summed E-state index contributed by atoms with van der Waals surface area (Å²) in [4.78, 5) is 27.5. The van der Waals surface area contributed by atoms with E-state index >= 15 is 0 Å². The Morgan fingerprint density at radius 3 is 2.56 bits per heavy atom. The molecule has 2 aliphatic rings. The van der Waals surface area contributed by atoms with E-state index in [9.17, 15) is 18.0 Å². The predicted octanol–water partition coefficient (Wildman–Crippen LogP) is 3.13. The summed E-state index contributed by atoms with van der Waals surface area (Å²) in [6, 6.07) is 12.6. The zero-order valence-corrected chi connectivity index (χ0v) is 20.6. The molecule has 34 heavy (non-hydrogen) atoms. The number of hydrogen-bond donors (Lipinski definition) is 1. The predicted molar refractivity (Wildman–Crippen MR) is 130 cm³/mol. The number of carbonyl (C=O) groups is 2. The van der Waals surface area contributed by atoms with E-state index in [0.29, 0.717) is 37.9 Å². The van der Waals surface area contributed by atoms with Gasteiger partial charge in [-0.15, -0.1) is 0 Å². The number of sulfonamides is 1. The van der Waals surface area contributed by atoms with Gasteiger partial charge in [-0.1, -0.05) is 32.0 Å². The van der Waals surface area contributed by atoms with Gasteiger partial charge < -0.3 is 15.0 Å². The lowest BCUT2D eigenvalue weighted by Crippen LogP contribution is -2.40. The molecule has 1 unspecified atom stereocenters. The SMILES string of the molecule is Cc1ccc(S(=O)(=O)N2CCOCC2)cc1NC(=O)C1CC(=O)N(c2cccc(C(C)C)c2)C1. The number of nitrogens with zero attached hydrogens (tertiary/aromatic N) is 2. The highest BCUT2D eigenvalue weighted by Gasteiger charge is 2.35. The molecule has 2 heterocycles. The summed E-state index contributed by atoms with van der Waals surface area (Å²) in [5, 5.41) is 2.86. The van der Waals surface area contributed by atoms with Gasteiger partial charge in [0.25, 0.3) is 0 Å². The van der Waals surface area contributed by atoms with Crippen LogP contribution in [0.15, 0.2) is 47.4 Å². The van der Waals surface area contributed by atoms with E-state index in [2.05, 4.69) is 19.2 Å². The summed E-state index contributed by atoms with van der Waals surface area (Å²) >= 11 is 0.